The zero-order valence-electron chi connectivity index (χ0n) is 20.8. The second-order valence-corrected chi connectivity index (χ2v) is 9.75. The van der Waals surface area contributed by atoms with Crippen LogP contribution in [0.1, 0.15) is 36.5 Å². The number of amides is 2. The number of rotatable bonds is 6. The largest absolute Gasteiger partial charge is 0.342 e. The Morgan fingerprint density at radius 1 is 1.03 bits per heavy atom. The number of nitrogens with one attached hydrogen (secondary N) is 1. The molecule has 1 saturated heterocycles. The van der Waals surface area contributed by atoms with Gasteiger partial charge in [-0.3, -0.25) is 29.9 Å². The summed E-state index contributed by atoms with van der Waals surface area (Å²) in [6, 6.07) is 21.6. The molecule has 9 heteroatoms. The summed E-state index contributed by atoms with van der Waals surface area (Å²) in [6.45, 7) is 4.55. The van der Waals surface area contributed by atoms with E-state index in [1.807, 2.05) is 65.4 Å². The van der Waals surface area contributed by atoms with Crippen molar-refractivity contribution < 1.29 is 14.5 Å². The van der Waals surface area contributed by atoms with Gasteiger partial charge in [0.25, 0.3) is 17.5 Å². The summed E-state index contributed by atoms with van der Waals surface area (Å²) in [7, 11) is 0. The Hall–Kier alpha value is -4.63. The van der Waals surface area contributed by atoms with Crippen LogP contribution in [0.5, 0.6) is 0 Å². The summed E-state index contributed by atoms with van der Waals surface area (Å²) in [5, 5.41) is 14.7. The molecule has 0 unspecified atom stereocenters. The van der Waals surface area contributed by atoms with Crippen LogP contribution in [0, 0.1) is 10.1 Å². The molecule has 0 bridgehead atoms. The molecule has 0 spiro atoms. The SMILES string of the molecule is CC(C)c1ccc(N2C(=O)/C(=C/c3cn(Cc4cccc([N+](=O)[O-])c4)c4ccccc34)C(=O)NC2=S)cc1. The van der Waals surface area contributed by atoms with E-state index in [0.29, 0.717) is 23.7 Å². The molecule has 5 rings (SSSR count). The zero-order chi connectivity index (χ0) is 27.0. The first-order valence-corrected chi connectivity index (χ1v) is 12.5. The third-order valence-electron chi connectivity index (χ3n) is 6.51. The number of anilines is 1. The van der Waals surface area contributed by atoms with E-state index in [1.165, 1.54) is 17.0 Å². The first-order chi connectivity index (χ1) is 18.2. The van der Waals surface area contributed by atoms with Crippen LogP contribution in [0.25, 0.3) is 17.0 Å². The first-order valence-electron chi connectivity index (χ1n) is 12.1. The van der Waals surface area contributed by atoms with Crippen molar-refractivity contribution in [2.75, 3.05) is 4.90 Å². The Balaban J connectivity index is 1.53. The van der Waals surface area contributed by atoms with Gasteiger partial charge in [-0.2, -0.15) is 0 Å². The molecule has 3 aromatic carbocycles. The summed E-state index contributed by atoms with van der Waals surface area (Å²) < 4.78 is 1.94. The smallest absolute Gasteiger partial charge is 0.270 e. The highest BCUT2D eigenvalue weighted by Crippen LogP contribution is 2.28. The zero-order valence-corrected chi connectivity index (χ0v) is 21.6. The lowest BCUT2D eigenvalue weighted by Gasteiger charge is -2.29. The number of fused-ring (bicyclic) bond motifs is 1. The molecule has 1 N–H and O–H groups in total. The van der Waals surface area contributed by atoms with Crippen LogP contribution in [0.3, 0.4) is 0 Å². The monoisotopic (exact) mass is 524 g/mol. The summed E-state index contributed by atoms with van der Waals surface area (Å²) in [6.07, 6.45) is 3.41. The van der Waals surface area contributed by atoms with E-state index in [0.717, 1.165) is 22.0 Å². The number of benzene rings is 3. The second kappa shape index (κ2) is 10.0. The molecule has 4 aromatic rings. The third kappa shape index (κ3) is 4.71. The summed E-state index contributed by atoms with van der Waals surface area (Å²) >= 11 is 5.34. The molecule has 0 radical (unpaired) electrons. The van der Waals surface area contributed by atoms with E-state index in [-0.39, 0.29) is 16.4 Å². The predicted molar refractivity (Wildman–Crippen MR) is 151 cm³/mol. The number of nitro benzene ring substituents is 1. The number of thiocarbonyl (C=S) groups is 1. The van der Waals surface area contributed by atoms with Gasteiger partial charge in [0.15, 0.2) is 5.11 Å². The fourth-order valence-electron chi connectivity index (χ4n) is 4.54. The molecule has 38 heavy (non-hydrogen) atoms. The van der Waals surface area contributed by atoms with Gasteiger partial charge in [0.1, 0.15) is 5.57 Å². The van der Waals surface area contributed by atoms with E-state index in [9.17, 15) is 19.7 Å². The van der Waals surface area contributed by atoms with Gasteiger partial charge in [-0.15, -0.1) is 0 Å². The number of carbonyl (C=O) groups is 2. The minimum Gasteiger partial charge on any atom is -0.342 e. The van der Waals surface area contributed by atoms with E-state index in [1.54, 1.807) is 12.1 Å². The number of hydrogen-bond acceptors (Lipinski definition) is 5. The number of aromatic nitrogens is 1. The van der Waals surface area contributed by atoms with Crippen molar-refractivity contribution in [2.24, 2.45) is 0 Å². The average Bonchev–Trinajstić information content (AvgIpc) is 3.24. The lowest BCUT2D eigenvalue weighted by Crippen LogP contribution is -2.54. The quantitative estimate of drug-likeness (QED) is 0.117. The number of nitrogens with zero attached hydrogens (tertiary/aromatic N) is 3. The van der Waals surface area contributed by atoms with Gasteiger partial charge < -0.3 is 4.57 Å². The lowest BCUT2D eigenvalue weighted by molar-refractivity contribution is -0.384. The standard InChI is InChI=1S/C29H24N4O4S/c1-18(2)20-10-12-22(13-11-20)32-28(35)25(27(34)30-29(32)38)15-21-17-31(26-9-4-3-8-24(21)26)16-19-6-5-7-23(14-19)33(36)37/h3-15,17-18H,16H2,1-2H3,(H,30,34,38)/b25-15+. The highest BCUT2D eigenvalue weighted by atomic mass is 32.1. The Morgan fingerprint density at radius 2 is 1.76 bits per heavy atom. The van der Waals surface area contributed by atoms with E-state index in [4.69, 9.17) is 12.2 Å². The molecule has 1 aliphatic heterocycles. The van der Waals surface area contributed by atoms with Crippen molar-refractivity contribution in [2.45, 2.75) is 26.3 Å². The Kier molecular flexibility index (Phi) is 6.61. The highest BCUT2D eigenvalue weighted by molar-refractivity contribution is 7.80. The number of carbonyl (C=O) groups excluding carboxylic acids is 2. The van der Waals surface area contributed by atoms with Crippen LogP contribution in [-0.4, -0.2) is 26.4 Å². The molecule has 8 nitrogen and oxygen atoms in total. The van der Waals surface area contributed by atoms with Gasteiger partial charge in [0, 0.05) is 41.3 Å². The van der Waals surface area contributed by atoms with Gasteiger partial charge in [0.05, 0.1) is 10.6 Å². The Labute approximate surface area is 224 Å². The van der Waals surface area contributed by atoms with Crippen LogP contribution < -0.4 is 10.2 Å². The molecule has 1 aromatic heterocycles. The van der Waals surface area contributed by atoms with Crippen LogP contribution in [0.2, 0.25) is 0 Å². The summed E-state index contributed by atoms with van der Waals surface area (Å²) in [4.78, 5) is 38.6. The minimum absolute atomic E-state index is 0.0169. The fourth-order valence-corrected chi connectivity index (χ4v) is 4.82. The van der Waals surface area contributed by atoms with Crippen LogP contribution >= 0.6 is 12.2 Å². The number of para-hydroxylation sites is 1. The van der Waals surface area contributed by atoms with Crippen LogP contribution in [0.15, 0.2) is 84.6 Å². The molecule has 190 valence electrons. The maximum absolute atomic E-state index is 13.5. The Morgan fingerprint density at radius 3 is 2.47 bits per heavy atom. The van der Waals surface area contributed by atoms with Gasteiger partial charge >= 0.3 is 0 Å². The molecule has 2 heterocycles. The molecule has 1 aliphatic rings. The fraction of sp³-hybridized carbons (Fsp3) is 0.138. The second-order valence-electron chi connectivity index (χ2n) is 9.36. The van der Waals surface area contributed by atoms with Crippen molar-refractivity contribution in [3.05, 3.63) is 111 Å². The van der Waals surface area contributed by atoms with E-state index < -0.39 is 16.7 Å². The van der Waals surface area contributed by atoms with Gasteiger partial charge in [-0.25, -0.2) is 0 Å². The molecule has 0 saturated carbocycles. The maximum atomic E-state index is 13.5. The van der Waals surface area contributed by atoms with Gasteiger partial charge in [-0.1, -0.05) is 56.3 Å². The predicted octanol–water partition coefficient (Wildman–Crippen LogP) is 5.55. The van der Waals surface area contributed by atoms with Gasteiger partial charge in [0.2, 0.25) is 0 Å². The summed E-state index contributed by atoms with van der Waals surface area (Å²) in [5.41, 5.74) is 3.97. The number of non-ortho nitro benzene ring substituents is 1. The van der Waals surface area contributed by atoms with E-state index in [2.05, 4.69) is 19.2 Å². The lowest BCUT2D eigenvalue weighted by atomic mass is 10.0. The molecule has 1 fully saturated rings. The number of hydrogen-bond donors (Lipinski definition) is 1. The van der Waals surface area contributed by atoms with Crippen molar-refractivity contribution in [1.29, 1.82) is 0 Å². The molecule has 0 atom stereocenters. The van der Waals surface area contributed by atoms with Crippen molar-refractivity contribution in [3.8, 4) is 0 Å². The van der Waals surface area contributed by atoms with Crippen LogP contribution in [0.4, 0.5) is 11.4 Å². The summed E-state index contributed by atoms with van der Waals surface area (Å²) in [5.74, 6) is -0.736. The van der Waals surface area contributed by atoms with E-state index >= 15 is 0 Å². The third-order valence-corrected chi connectivity index (χ3v) is 6.80. The van der Waals surface area contributed by atoms with Crippen molar-refractivity contribution in [1.82, 2.24) is 9.88 Å². The average molecular weight is 525 g/mol. The van der Waals surface area contributed by atoms with Gasteiger partial charge in [-0.05, 0) is 53.5 Å². The molecular formula is C29H24N4O4S. The highest BCUT2D eigenvalue weighted by Gasteiger charge is 2.34. The Bertz CT molecular complexity index is 1640. The first kappa shape index (κ1) is 25.0. The number of nitro groups is 1. The normalized spacial score (nSPS) is 15.0. The minimum atomic E-state index is -0.564. The molecule has 2 amide bonds. The maximum Gasteiger partial charge on any atom is 0.270 e. The van der Waals surface area contributed by atoms with Crippen molar-refractivity contribution >= 4 is 57.5 Å². The molecule has 0 aliphatic carbocycles. The van der Waals surface area contributed by atoms with Crippen LogP contribution in [-0.2, 0) is 16.1 Å². The van der Waals surface area contributed by atoms with Crippen molar-refractivity contribution in [3.63, 3.8) is 0 Å². The molecular weight excluding hydrogens is 500 g/mol. The topological polar surface area (TPSA) is 97.5 Å².